The largest absolute Gasteiger partial charge is 0.358 e. The molecule has 1 aromatic heterocycles. The molecule has 122 valence electrons. The van der Waals surface area contributed by atoms with E-state index in [1.54, 1.807) is 24.3 Å². The number of carbonyl (C=O) groups is 2. The van der Waals surface area contributed by atoms with Crippen molar-refractivity contribution < 1.29 is 9.59 Å². The van der Waals surface area contributed by atoms with Crippen LogP contribution in [0, 0.1) is 6.92 Å². The van der Waals surface area contributed by atoms with Crippen molar-refractivity contribution in [3.05, 3.63) is 59.8 Å². The van der Waals surface area contributed by atoms with E-state index >= 15 is 0 Å². The number of hydrogen-bond donors (Lipinski definition) is 4. The molecule has 0 unspecified atom stereocenters. The van der Waals surface area contributed by atoms with Gasteiger partial charge in [0.1, 0.15) is 0 Å². The van der Waals surface area contributed by atoms with Crippen LogP contribution in [0.5, 0.6) is 0 Å². The first kappa shape index (κ1) is 15.6. The summed E-state index contributed by atoms with van der Waals surface area (Å²) in [5.74, 6) is -0.0986. The first-order valence-corrected chi connectivity index (χ1v) is 7.55. The van der Waals surface area contributed by atoms with Crippen LogP contribution < -0.4 is 16.4 Å². The second-order valence-corrected chi connectivity index (χ2v) is 5.57. The van der Waals surface area contributed by atoms with Crippen LogP contribution in [0.15, 0.2) is 48.5 Å². The average Bonchev–Trinajstić information content (AvgIpc) is 2.85. The van der Waals surface area contributed by atoms with Crippen molar-refractivity contribution in [1.82, 2.24) is 4.98 Å². The molecule has 0 bridgehead atoms. The summed E-state index contributed by atoms with van der Waals surface area (Å²) in [7, 11) is 0. The van der Waals surface area contributed by atoms with Gasteiger partial charge in [-0.15, -0.1) is 0 Å². The Balaban J connectivity index is 1.71. The van der Waals surface area contributed by atoms with Gasteiger partial charge in [-0.3, -0.25) is 4.79 Å². The molecule has 0 aliphatic heterocycles. The molecule has 1 heterocycles. The van der Waals surface area contributed by atoms with Gasteiger partial charge in [0.25, 0.3) is 0 Å². The van der Waals surface area contributed by atoms with E-state index in [-0.39, 0.29) is 12.3 Å². The molecule has 3 amide bonds. The molecule has 0 spiro atoms. The number of aromatic amines is 1. The number of benzene rings is 2. The fourth-order valence-corrected chi connectivity index (χ4v) is 2.71. The minimum Gasteiger partial charge on any atom is -0.358 e. The highest BCUT2D eigenvalue weighted by atomic mass is 16.2. The number of nitrogens with one attached hydrogen (secondary N) is 3. The lowest BCUT2D eigenvalue weighted by Gasteiger charge is -2.07. The van der Waals surface area contributed by atoms with E-state index in [4.69, 9.17) is 5.73 Å². The number of carbonyl (C=O) groups excluding carboxylic acids is 2. The number of hydrogen-bond acceptors (Lipinski definition) is 2. The maximum atomic E-state index is 12.3. The quantitative estimate of drug-likeness (QED) is 0.593. The van der Waals surface area contributed by atoms with E-state index in [2.05, 4.69) is 15.6 Å². The van der Waals surface area contributed by atoms with Gasteiger partial charge in [0.05, 0.1) is 6.42 Å². The SMILES string of the molecule is Cc1[nH]c2ccccc2c1CC(=O)Nc1ccc(NC(N)=O)cc1. The number of amides is 3. The molecule has 0 aliphatic carbocycles. The molecule has 0 atom stereocenters. The second kappa shape index (κ2) is 6.45. The van der Waals surface area contributed by atoms with E-state index < -0.39 is 6.03 Å². The van der Waals surface area contributed by atoms with Gasteiger partial charge in [0, 0.05) is 28.0 Å². The van der Waals surface area contributed by atoms with E-state index in [0.717, 1.165) is 22.2 Å². The predicted molar refractivity (Wildman–Crippen MR) is 95.0 cm³/mol. The van der Waals surface area contributed by atoms with Crippen molar-refractivity contribution in [1.29, 1.82) is 0 Å². The topological polar surface area (TPSA) is 100 Å². The number of H-pyrrole nitrogens is 1. The van der Waals surface area contributed by atoms with Crippen molar-refractivity contribution in [3.63, 3.8) is 0 Å². The van der Waals surface area contributed by atoms with Crippen LogP contribution in [-0.4, -0.2) is 16.9 Å². The van der Waals surface area contributed by atoms with E-state index in [1.165, 1.54) is 0 Å². The number of para-hydroxylation sites is 1. The molecule has 3 aromatic rings. The summed E-state index contributed by atoms with van der Waals surface area (Å²) in [6.07, 6.45) is 0.289. The summed E-state index contributed by atoms with van der Waals surface area (Å²) in [5, 5.41) is 6.39. The maximum absolute atomic E-state index is 12.3. The van der Waals surface area contributed by atoms with E-state index in [0.29, 0.717) is 11.4 Å². The minimum absolute atomic E-state index is 0.0986. The van der Waals surface area contributed by atoms with Crippen LogP contribution in [0.25, 0.3) is 10.9 Å². The highest BCUT2D eigenvalue weighted by molar-refractivity contribution is 5.96. The van der Waals surface area contributed by atoms with Crippen LogP contribution in [0.2, 0.25) is 0 Å². The molecule has 6 heteroatoms. The van der Waals surface area contributed by atoms with Crippen molar-refractivity contribution in [3.8, 4) is 0 Å². The first-order valence-electron chi connectivity index (χ1n) is 7.55. The monoisotopic (exact) mass is 322 g/mol. The molecule has 5 N–H and O–H groups in total. The highest BCUT2D eigenvalue weighted by Crippen LogP contribution is 2.23. The Kier molecular flexibility index (Phi) is 4.20. The zero-order valence-corrected chi connectivity index (χ0v) is 13.2. The summed E-state index contributed by atoms with van der Waals surface area (Å²) in [6, 6.07) is 14.1. The molecular weight excluding hydrogens is 304 g/mol. The van der Waals surface area contributed by atoms with Crippen molar-refractivity contribution in [2.24, 2.45) is 5.73 Å². The Morgan fingerprint density at radius 3 is 2.29 bits per heavy atom. The zero-order chi connectivity index (χ0) is 17.1. The summed E-state index contributed by atoms with van der Waals surface area (Å²) < 4.78 is 0. The molecular formula is C18H18N4O2. The molecule has 2 aromatic carbocycles. The summed E-state index contributed by atoms with van der Waals surface area (Å²) >= 11 is 0. The van der Waals surface area contributed by atoms with Gasteiger partial charge in [-0.2, -0.15) is 0 Å². The lowest BCUT2D eigenvalue weighted by Crippen LogP contribution is -2.19. The van der Waals surface area contributed by atoms with Gasteiger partial charge in [-0.1, -0.05) is 18.2 Å². The lowest BCUT2D eigenvalue weighted by atomic mass is 10.1. The number of urea groups is 1. The molecule has 0 fully saturated rings. The van der Waals surface area contributed by atoms with Crippen LogP contribution in [0.3, 0.4) is 0 Å². The molecule has 3 rings (SSSR count). The van der Waals surface area contributed by atoms with Crippen molar-refractivity contribution in [2.45, 2.75) is 13.3 Å². The normalized spacial score (nSPS) is 10.5. The summed E-state index contributed by atoms with van der Waals surface area (Å²) in [6.45, 7) is 1.97. The Morgan fingerprint density at radius 1 is 1.00 bits per heavy atom. The van der Waals surface area contributed by atoms with Crippen LogP contribution in [-0.2, 0) is 11.2 Å². The summed E-state index contributed by atoms with van der Waals surface area (Å²) in [4.78, 5) is 26.4. The Bertz CT molecular complexity index is 897. The van der Waals surface area contributed by atoms with Crippen molar-refractivity contribution in [2.75, 3.05) is 10.6 Å². The maximum Gasteiger partial charge on any atom is 0.316 e. The molecule has 0 radical (unpaired) electrons. The Morgan fingerprint density at radius 2 is 1.62 bits per heavy atom. The highest BCUT2D eigenvalue weighted by Gasteiger charge is 2.12. The number of nitrogens with two attached hydrogens (primary N) is 1. The van der Waals surface area contributed by atoms with E-state index in [1.807, 2.05) is 31.2 Å². The molecule has 0 saturated heterocycles. The molecule has 24 heavy (non-hydrogen) atoms. The fourth-order valence-electron chi connectivity index (χ4n) is 2.71. The number of aryl methyl sites for hydroxylation is 1. The van der Waals surface area contributed by atoms with Gasteiger partial charge in [-0.25, -0.2) is 4.79 Å². The van der Waals surface area contributed by atoms with Crippen molar-refractivity contribution >= 4 is 34.2 Å². The number of primary amides is 1. The third-order valence-electron chi connectivity index (χ3n) is 3.80. The molecule has 0 aliphatic rings. The molecule has 6 nitrogen and oxygen atoms in total. The summed E-state index contributed by atoms with van der Waals surface area (Å²) in [5.41, 5.74) is 9.31. The third kappa shape index (κ3) is 3.38. The smallest absolute Gasteiger partial charge is 0.316 e. The predicted octanol–water partition coefficient (Wildman–Crippen LogP) is 3.15. The Hall–Kier alpha value is -3.28. The first-order chi connectivity index (χ1) is 11.5. The zero-order valence-electron chi connectivity index (χ0n) is 13.2. The van der Waals surface area contributed by atoms with Crippen LogP contribution >= 0.6 is 0 Å². The van der Waals surface area contributed by atoms with Gasteiger partial charge >= 0.3 is 6.03 Å². The third-order valence-corrected chi connectivity index (χ3v) is 3.80. The lowest BCUT2D eigenvalue weighted by molar-refractivity contribution is -0.115. The second-order valence-electron chi connectivity index (χ2n) is 5.57. The number of aromatic nitrogens is 1. The number of fused-ring (bicyclic) bond motifs is 1. The average molecular weight is 322 g/mol. The van der Waals surface area contributed by atoms with Gasteiger partial charge in [-0.05, 0) is 42.8 Å². The van der Waals surface area contributed by atoms with Crippen LogP contribution in [0.4, 0.5) is 16.2 Å². The fraction of sp³-hybridized carbons (Fsp3) is 0.111. The van der Waals surface area contributed by atoms with Gasteiger partial charge < -0.3 is 21.4 Å². The molecule has 0 saturated carbocycles. The standard InChI is InChI=1S/C18H18N4O2/c1-11-15(14-4-2-3-5-16(14)20-11)10-17(23)21-12-6-8-13(9-7-12)22-18(19)24/h2-9,20H,10H2,1H3,(H,21,23)(H3,19,22,24). The van der Waals surface area contributed by atoms with Crippen LogP contribution in [0.1, 0.15) is 11.3 Å². The van der Waals surface area contributed by atoms with Gasteiger partial charge in [0.15, 0.2) is 0 Å². The number of rotatable bonds is 4. The minimum atomic E-state index is -0.624. The number of anilines is 2. The van der Waals surface area contributed by atoms with E-state index in [9.17, 15) is 9.59 Å². The van der Waals surface area contributed by atoms with Gasteiger partial charge in [0.2, 0.25) is 5.91 Å². The Labute approximate surface area is 139 Å².